The quantitative estimate of drug-likeness (QED) is 0.487. The lowest BCUT2D eigenvalue weighted by atomic mass is 10.0. The molecule has 26 heavy (non-hydrogen) atoms. The number of nitro benzene ring substituents is 1. The van der Waals surface area contributed by atoms with Gasteiger partial charge in [0.15, 0.2) is 11.2 Å². The summed E-state index contributed by atoms with van der Waals surface area (Å²) in [6, 6.07) is 9.34. The molecule has 3 rings (SSSR count). The number of nitro groups is 1. The lowest BCUT2D eigenvalue weighted by molar-refractivity contribution is -0.385. The maximum absolute atomic E-state index is 12.8. The highest BCUT2D eigenvalue weighted by atomic mass is 16.6. The number of ether oxygens (including phenoxy) is 2. The second-order valence-corrected chi connectivity index (χ2v) is 5.63. The number of hydrogen-bond donors (Lipinski definition) is 0. The van der Waals surface area contributed by atoms with Gasteiger partial charge < -0.3 is 13.9 Å². The maximum Gasteiger partial charge on any atom is 0.311 e. The van der Waals surface area contributed by atoms with Crippen molar-refractivity contribution in [3.8, 4) is 22.6 Å². The highest BCUT2D eigenvalue weighted by molar-refractivity contribution is 5.83. The minimum absolute atomic E-state index is 0.127. The van der Waals surface area contributed by atoms with E-state index in [0.29, 0.717) is 28.9 Å². The number of methoxy groups -OCH3 is 1. The van der Waals surface area contributed by atoms with Crippen LogP contribution in [-0.2, 0) is 0 Å². The lowest BCUT2D eigenvalue weighted by Gasteiger charge is -2.07. The van der Waals surface area contributed by atoms with Crippen LogP contribution in [0.5, 0.6) is 11.5 Å². The summed E-state index contributed by atoms with van der Waals surface area (Å²) in [5.41, 5.74) is 0.542. The molecule has 7 heteroatoms. The Morgan fingerprint density at radius 2 is 2.00 bits per heavy atom. The Kier molecular flexibility index (Phi) is 4.88. The van der Waals surface area contributed by atoms with Crippen LogP contribution in [0.3, 0.4) is 0 Å². The summed E-state index contributed by atoms with van der Waals surface area (Å²) in [5, 5.41) is 11.6. The lowest BCUT2D eigenvalue weighted by Crippen LogP contribution is -2.05. The van der Waals surface area contributed by atoms with Crippen molar-refractivity contribution < 1.29 is 18.8 Å². The predicted molar refractivity (Wildman–Crippen MR) is 96.9 cm³/mol. The minimum Gasteiger partial charge on any atom is -0.493 e. The Labute approximate surface area is 148 Å². The van der Waals surface area contributed by atoms with Crippen LogP contribution in [0.2, 0.25) is 0 Å². The van der Waals surface area contributed by atoms with Gasteiger partial charge in [0.05, 0.1) is 29.6 Å². The smallest absolute Gasteiger partial charge is 0.311 e. The molecule has 3 aromatic rings. The fourth-order valence-electron chi connectivity index (χ4n) is 2.62. The van der Waals surface area contributed by atoms with Gasteiger partial charge in [-0.3, -0.25) is 14.9 Å². The molecular weight excluding hydrogens is 338 g/mol. The van der Waals surface area contributed by atoms with E-state index in [0.717, 1.165) is 6.42 Å². The van der Waals surface area contributed by atoms with Crippen LogP contribution in [-0.4, -0.2) is 18.6 Å². The van der Waals surface area contributed by atoms with Gasteiger partial charge in [-0.1, -0.05) is 6.92 Å². The Balaban J connectivity index is 2.09. The van der Waals surface area contributed by atoms with Crippen LogP contribution in [0.15, 0.2) is 51.9 Å². The molecule has 0 atom stereocenters. The van der Waals surface area contributed by atoms with Gasteiger partial charge in [-0.2, -0.15) is 0 Å². The second-order valence-electron chi connectivity index (χ2n) is 5.63. The normalized spacial score (nSPS) is 10.7. The third-order valence-corrected chi connectivity index (χ3v) is 3.91. The number of hydrogen-bond acceptors (Lipinski definition) is 6. The van der Waals surface area contributed by atoms with Gasteiger partial charge in [0.1, 0.15) is 17.6 Å². The molecule has 0 bridgehead atoms. The number of nitrogens with zero attached hydrogens (tertiary/aromatic N) is 1. The summed E-state index contributed by atoms with van der Waals surface area (Å²) in [4.78, 5) is 23.4. The molecule has 1 aromatic heterocycles. The molecular formula is C19H17NO6. The van der Waals surface area contributed by atoms with Crippen LogP contribution in [0.1, 0.15) is 13.3 Å². The Morgan fingerprint density at radius 3 is 2.69 bits per heavy atom. The van der Waals surface area contributed by atoms with Crippen molar-refractivity contribution >= 4 is 16.7 Å². The van der Waals surface area contributed by atoms with Gasteiger partial charge in [0, 0.05) is 12.1 Å². The highest BCUT2D eigenvalue weighted by Crippen LogP contribution is 2.32. The zero-order valence-electron chi connectivity index (χ0n) is 14.4. The van der Waals surface area contributed by atoms with Gasteiger partial charge in [-0.25, -0.2) is 0 Å². The monoisotopic (exact) mass is 355 g/mol. The Morgan fingerprint density at radius 1 is 1.19 bits per heavy atom. The van der Waals surface area contributed by atoms with Crippen LogP contribution in [0.25, 0.3) is 22.1 Å². The van der Waals surface area contributed by atoms with Gasteiger partial charge in [0.25, 0.3) is 0 Å². The third kappa shape index (κ3) is 3.23. The van der Waals surface area contributed by atoms with E-state index in [1.807, 2.05) is 6.92 Å². The van der Waals surface area contributed by atoms with E-state index in [-0.39, 0.29) is 22.4 Å². The van der Waals surface area contributed by atoms with E-state index in [1.54, 1.807) is 24.3 Å². The van der Waals surface area contributed by atoms with Gasteiger partial charge in [-0.05, 0) is 36.2 Å². The van der Waals surface area contributed by atoms with Crippen molar-refractivity contribution in [3.63, 3.8) is 0 Å². The van der Waals surface area contributed by atoms with Crippen molar-refractivity contribution in [2.24, 2.45) is 0 Å². The van der Waals surface area contributed by atoms with Crippen molar-refractivity contribution in [3.05, 3.63) is 63.0 Å². The number of fused-ring (bicyclic) bond motifs is 1. The fraction of sp³-hybridized carbons (Fsp3) is 0.211. The van der Waals surface area contributed by atoms with E-state index in [2.05, 4.69) is 0 Å². The van der Waals surface area contributed by atoms with Crippen molar-refractivity contribution in [1.29, 1.82) is 0 Å². The van der Waals surface area contributed by atoms with Crippen LogP contribution in [0, 0.1) is 10.1 Å². The first-order valence-corrected chi connectivity index (χ1v) is 8.06. The van der Waals surface area contributed by atoms with Crippen molar-refractivity contribution in [2.45, 2.75) is 13.3 Å². The summed E-state index contributed by atoms with van der Waals surface area (Å²) in [7, 11) is 1.35. The molecule has 0 saturated carbocycles. The van der Waals surface area contributed by atoms with Gasteiger partial charge in [0.2, 0.25) is 0 Å². The molecule has 7 nitrogen and oxygen atoms in total. The van der Waals surface area contributed by atoms with E-state index < -0.39 is 4.92 Å². The van der Waals surface area contributed by atoms with Gasteiger partial charge >= 0.3 is 5.69 Å². The van der Waals surface area contributed by atoms with Crippen molar-refractivity contribution in [1.82, 2.24) is 0 Å². The molecule has 134 valence electrons. The number of rotatable bonds is 6. The van der Waals surface area contributed by atoms with Crippen LogP contribution >= 0.6 is 0 Å². The summed E-state index contributed by atoms with van der Waals surface area (Å²) in [6.45, 7) is 2.57. The second kappa shape index (κ2) is 7.26. The standard InChI is InChI=1S/C19H17NO6/c1-3-8-25-13-5-6-14-18(10-13)26-11-15(19(14)21)12-4-7-17(24-2)16(9-12)20(22)23/h4-7,9-11H,3,8H2,1-2H3. The largest absolute Gasteiger partial charge is 0.493 e. The maximum atomic E-state index is 12.8. The summed E-state index contributed by atoms with van der Waals surface area (Å²) in [6.07, 6.45) is 2.18. The Hall–Kier alpha value is -3.35. The molecule has 0 aliphatic carbocycles. The zero-order chi connectivity index (χ0) is 18.7. The topological polar surface area (TPSA) is 91.8 Å². The van der Waals surface area contributed by atoms with Crippen molar-refractivity contribution in [2.75, 3.05) is 13.7 Å². The molecule has 2 aromatic carbocycles. The number of benzene rings is 2. The van der Waals surface area contributed by atoms with E-state index >= 15 is 0 Å². The molecule has 1 heterocycles. The molecule has 0 radical (unpaired) electrons. The molecule has 0 spiro atoms. The minimum atomic E-state index is -0.553. The van der Waals surface area contributed by atoms with Crippen LogP contribution in [0.4, 0.5) is 5.69 Å². The fourth-order valence-corrected chi connectivity index (χ4v) is 2.62. The first-order valence-electron chi connectivity index (χ1n) is 8.06. The summed E-state index contributed by atoms with van der Waals surface area (Å²) >= 11 is 0. The molecule has 0 aliphatic rings. The summed E-state index contributed by atoms with van der Waals surface area (Å²) < 4.78 is 16.1. The average molecular weight is 355 g/mol. The van der Waals surface area contributed by atoms with Crippen LogP contribution < -0.4 is 14.9 Å². The first-order chi connectivity index (χ1) is 12.5. The molecule has 0 saturated heterocycles. The SMILES string of the molecule is CCCOc1ccc2c(=O)c(-c3ccc(OC)c([N+](=O)[O-])c3)coc2c1. The van der Waals surface area contributed by atoms with E-state index in [4.69, 9.17) is 13.9 Å². The zero-order valence-corrected chi connectivity index (χ0v) is 14.4. The average Bonchev–Trinajstić information content (AvgIpc) is 2.66. The van der Waals surface area contributed by atoms with E-state index in [1.165, 1.54) is 25.5 Å². The molecule has 0 unspecified atom stereocenters. The predicted octanol–water partition coefficient (Wildman–Crippen LogP) is 4.17. The molecule has 0 N–H and O–H groups in total. The highest BCUT2D eigenvalue weighted by Gasteiger charge is 2.18. The Bertz CT molecular complexity index is 1020. The summed E-state index contributed by atoms with van der Waals surface area (Å²) in [5.74, 6) is 0.747. The first kappa shape index (κ1) is 17.5. The van der Waals surface area contributed by atoms with Gasteiger partial charge in [-0.15, -0.1) is 0 Å². The molecule has 0 amide bonds. The molecule has 0 aliphatic heterocycles. The third-order valence-electron chi connectivity index (χ3n) is 3.91. The van der Waals surface area contributed by atoms with E-state index in [9.17, 15) is 14.9 Å². The molecule has 0 fully saturated rings.